The molecule has 0 aliphatic carbocycles. The fourth-order valence-corrected chi connectivity index (χ4v) is 3.67. The second-order valence-electron chi connectivity index (χ2n) is 7.14. The van der Waals surface area contributed by atoms with Crippen molar-refractivity contribution in [1.82, 2.24) is 10.3 Å². The van der Waals surface area contributed by atoms with Crippen molar-refractivity contribution >= 4 is 11.6 Å². The highest BCUT2D eigenvalue weighted by Crippen LogP contribution is 2.23. The van der Waals surface area contributed by atoms with Gasteiger partial charge in [0.1, 0.15) is 5.69 Å². The Morgan fingerprint density at radius 1 is 1.17 bits per heavy atom. The fourth-order valence-electron chi connectivity index (χ4n) is 3.67. The Labute approximate surface area is 170 Å². The van der Waals surface area contributed by atoms with Gasteiger partial charge >= 0.3 is 0 Å². The predicted molar refractivity (Wildman–Crippen MR) is 112 cm³/mol. The lowest BCUT2D eigenvalue weighted by Crippen LogP contribution is -2.36. The summed E-state index contributed by atoms with van der Waals surface area (Å²) < 4.78 is 10.9. The Balaban J connectivity index is 1.37. The van der Waals surface area contributed by atoms with Crippen LogP contribution in [0.3, 0.4) is 0 Å². The number of aromatic nitrogens is 1. The number of nitrogens with one attached hydrogen (secondary N) is 1. The Morgan fingerprint density at radius 2 is 1.97 bits per heavy atom. The molecule has 3 aromatic rings. The van der Waals surface area contributed by atoms with E-state index in [0.29, 0.717) is 24.0 Å². The monoisotopic (exact) mass is 391 g/mol. The summed E-state index contributed by atoms with van der Waals surface area (Å²) in [6.07, 6.45) is 5.75. The minimum atomic E-state index is -0.108. The van der Waals surface area contributed by atoms with Crippen LogP contribution in [-0.2, 0) is 11.3 Å². The maximum absolute atomic E-state index is 12.6. The van der Waals surface area contributed by atoms with Gasteiger partial charge < -0.3 is 19.4 Å². The Bertz CT molecular complexity index is 930. The minimum Gasteiger partial charge on any atom is -0.463 e. The largest absolute Gasteiger partial charge is 0.463 e. The number of anilines is 1. The number of hydrogen-bond acceptors (Lipinski definition) is 5. The number of rotatable bonds is 6. The van der Waals surface area contributed by atoms with Gasteiger partial charge in [-0.05, 0) is 55.3 Å². The van der Waals surface area contributed by atoms with E-state index in [2.05, 4.69) is 15.2 Å². The van der Waals surface area contributed by atoms with Gasteiger partial charge in [-0.2, -0.15) is 0 Å². The summed E-state index contributed by atoms with van der Waals surface area (Å²) in [5, 5.41) is 2.98. The molecule has 4 rings (SSSR count). The normalized spacial score (nSPS) is 14.7. The third-order valence-electron chi connectivity index (χ3n) is 5.36. The molecule has 0 radical (unpaired) electrons. The number of ether oxygens (including phenoxy) is 1. The molecule has 0 bridgehead atoms. The van der Waals surface area contributed by atoms with Crippen LogP contribution in [0, 0.1) is 0 Å². The maximum Gasteiger partial charge on any atom is 0.251 e. The first-order valence-corrected chi connectivity index (χ1v) is 9.88. The van der Waals surface area contributed by atoms with Crippen LogP contribution in [0.25, 0.3) is 11.5 Å². The van der Waals surface area contributed by atoms with Gasteiger partial charge in [0.05, 0.1) is 12.4 Å². The number of piperidine rings is 1. The molecule has 1 amide bonds. The summed E-state index contributed by atoms with van der Waals surface area (Å²) in [7, 11) is 1.77. The number of carbonyl (C=O) groups excluding carboxylic acids is 1. The molecule has 0 unspecified atom stereocenters. The van der Waals surface area contributed by atoms with Gasteiger partial charge in [-0.3, -0.25) is 9.78 Å². The highest BCUT2D eigenvalue weighted by Gasteiger charge is 2.19. The number of nitrogens with zero attached hydrogens (tertiary/aromatic N) is 2. The molecular formula is C23H25N3O3. The molecule has 6 heteroatoms. The SMILES string of the molecule is COC1CCN(c2ccc(C(=O)NCc3cccnc3-c3ccco3)cc2)CC1. The lowest BCUT2D eigenvalue weighted by molar-refractivity contribution is 0.0819. The van der Waals surface area contributed by atoms with Crippen molar-refractivity contribution in [2.45, 2.75) is 25.5 Å². The summed E-state index contributed by atoms with van der Waals surface area (Å²) >= 11 is 0. The van der Waals surface area contributed by atoms with E-state index in [9.17, 15) is 4.79 Å². The van der Waals surface area contributed by atoms with E-state index in [1.807, 2.05) is 48.5 Å². The van der Waals surface area contributed by atoms with Crippen molar-refractivity contribution < 1.29 is 13.9 Å². The maximum atomic E-state index is 12.6. The molecule has 1 aromatic carbocycles. The van der Waals surface area contributed by atoms with Crippen LogP contribution in [0.1, 0.15) is 28.8 Å². The molecule has 1 aliphatic rings. The Kier molecular flexibility index (Phi) is 5.91. The fraction of sp³-hybridized carbons (Fsp3) is 0.304. The van der Waals surface area contributed by atoms with E-state index >= 15 is 0 Å². The molecular weight excluding hydrogens is 366 g/mol. The number of methoxy groups -OCH3 is 1. The number of pyridine rings is 1. The Morgan fingerprint density at radius 3 is 2.66 bits per heavy atom. The van der Waals surface area contributed by atoms with E-state index in [-0.39, 0.29) is 5.91 Å². The van der Waals surface area contributed by atoms with Crippen molar-refractivity contribution in [3.8, 4) is 11.5 Å². The zero-order valence-corrected chi connectivity index (χ0v) is 16.5. The quantitative estimate of drug-likeness (QED) is 0.691. The van der Waals surface area contributed by atoms with Crippen LogP contribution in [0.4, 0.5) is 5.69 Å². The van der Waals surface area contributed by atoms with Crippen LogP contribution in [0.5, 0.6) is 0 Å². The molecule has 150 valence electrons. The van der Waals surface area contributed by atoms with E-state index in [4.69, 9.17) is 9.15 Å². The molecule has 0 spiro atoms. The average molecular weight is 391 g/mol. The first-order chi connectivity index (χ1) is 14.2. The lowest BCUT2D eigenvalue weighted by Gasteiger charge is -2.33. The molecule has 2 aromatic heterocycles. The molecule has 29 heavy (non-hydrogen) atoms. The van der Waals surface area contributed by atoms with Gasteiger partial charge in [0.15, 0.2) is 5.76 Å². The standard InChI is InChI=1S/C23H25N3O3/c1-28-20-10-13-26(14-11-20)19-8-6-17(7-9-19)23(27)25-16-18-4-2-12-24-22(18)21-5-3-15-29-21/h2-9,12,15,20H,10-11,13-14,16H2,1H3,(H,25,27). The highest BCUT2D eigenvalue weighted by atomic mass is 16.5. The smallest absolute Gasteiger partial charge is 0.251 e. The van der Waals surface area contributed by atoms with Crippen molar-refractivity contribution in [3.05, 3.63) is 72.1 Å². The molecule has 1 aliphatic heterocycles. The first kappa shape index (κ1) is 19.2. The second-order valence-corrected chi connectivity index (χ2v) is 7.14. The van der Waals surface area contributed by atoms with E-state index < -0.39 is 0 Å². The van der Waals surface area contributed by atoms with E-state index in [0.717, 1.165) is 42.9 Å². The van der Waals surface area contributed by atoms with Gasteiger partial charge in [0.2, 0.25) is 0 Å². The van der Waals surface area contributed by atoms with Gasteiger partial charge in [-0.15, -0.1) is 0 Å². The first-order valence-electron chi connectivity index (χ1n) is 9.88. The van der Waals surface area contributed by atoms with E-state index in [1.165, 1.54) is 0 Å². The number of furan rings is 1. The molecule has 1 fully saturated rings. The summed E-state index contributed by atoms with van der Waals surface area (Å²) in [5.74, 6) is 0.584. The zero-order valence-electron chi connectivity index (χ0n) is 16.5. The van der Waals surface area contributed by atoms with Crippen molar-refractivity contribution in [1.29, 1.82) is 0 Å². The summed E-state index contributed by atoms with van der Waals surface area (Å²) in [6, 6.07) is 15.3. The zero-order chi connectivity index (χ0) is 20.1. The van der Waals surface area contributed by atoms with Crippen molar-refractivity contribution in [2.24, 2.45) is 0 Å². The van der Waals surface area contributed by atoms with Crippen molar-refractivity contribution in [3.63, 3.8) is 0 Å². The highest BCUT2D eigenvalue weighted by molar-refractivity contribution is 5.94. The summed E-state index contributed by atoms with van der Waals surface area (Å²) in [6.45, 7) is 2.33. The van der Waals surface area contributed by atoms with Crippen LogP contribution in [-0.4, -0.2) is 37.2 Å². The topological polar surface area (TPSA) is 67.6 Å². The molecule has 6 nitrogen and oxygen atoms in total. The molecule has 3 heterocycles. The van der Waals surface area contributed by atoms with Gasteiger partial charge in [-0.1, -0.05) is 6.07 Å². The van der Waals surface area contributed by atoms with Gasteiger partial charge in [-0.25, -0.2) is 0 Å². The number of amides is 1. The summed E-state index contributed by atoms with van der Waals surface area (Å²) in [5.41, 5.74) is 3.44. The third-order valence-corrected chi connectivity index (χ3v) is 5.36. The second kappa shape index (κ2) is 8.92. The summed E-state index contributed by atoms with van der Waals surface area (Å²) in [4.78, 5) is 19.3. The Hall–Kier alpha value is -3.12. The van der Waals surface area contributed by atoms with E-state index in [1.54, 1.807) is 19.6 Å². The number of benzene rings is 1. The average Bonchev–Trinajstić information content (AvgIpc) is 3.33. The van der Waals surface area contributed by atoms with Crippen molar-refractivity contribution in [2.75, 3.05) is 25.1 Å². The van der Waals surface area contributed by atoms with Crippen LogP contribution >= 0.6 is 0 Å². The lowest BCUT2D eigenvalue weighted by atomic mass is 10.1. The molecule has 0 saturated carbocycles. The van der Waals surface area contributed by atoms with Gasteiger partial charge in [0, 0.05) is 49.8 Å². The predicted octanol–water partition coefficient (Wildman–Crippen LogP) is 3.89. The molecule has 1 saturated heterocycles. The number of carbonyl (C=O) groups is 1. The third kappa shape index (κ3) is 4.49. The number of hydrogen-bond donors (Lipinski definition) is 1. The molecule has 1 N–H and O–H groups in total. The minimum absolute atomic E-state index is 0.108. The van der Waals surface area contributed by atoms with Crippen LogP contribution < -0.4 is 10.2 Å². The van der Waals surface area contributed by atoms with Crippen LogP contribution in [0.15, 0.2) is 65.4 Å². The van der Waals surface area contributed by atoms with Gasteiger partial charge in [0.25, 0.3) is 5.91 Å². The van der Waals surface area contributed by atoms with Crippen LogP contribution in [0.2, 0.25) is 0 Å². The molecule has 0 atom stereocenters.